The fraction of sp³-hybridized carbons (Fsp3) is 0.364. The lowest BCUT2D eigenvalue weighted by Gasteiger charge is -2.09. The molecule has 0 aromatic heterocycles. The first-order valence-electron chi connectivity index (χ1n) is 9.32. The Kier molecular flexibility index (Phi) is 8.34. The summed E-state index contributed by atoms with van der Waals surface area (Å²) in [5, 5.41) is 2.65. The van der Waals surface area contributed by atoms with Gasteiger partial charge in [-0.2, -0.15) is 0 Å². The maximum atomic E-state index is 11.9. The van der Waals surface area contributed by atoms with E-state index in [0.29, 0.717) is 25.5 Å². The quantitative estimate of drug-likeness (QED) is 0.503. The van der Waals surface area contributed by atoms with Crippen LogP contribution in [-0.4, -0.2) is 38.2 Å². The van der Waals surface area contributed by atoms with Gasteiger partial charge < -0.3 is 19.5 Å². The van der Waals surface area contributed by atoms with Crippen LogP contribution in [0.4, 0.5) is 0 Å². The number of carbonyl (C=O) groups is 2. The lowest BCUT2D eigenvalue weighted by Crippen LogP contribution is -2.32. The summed E-state index contributed by atoms with van der Waals surface area (Å²) >= 11 is 0. The number of amides is 1. The fourth-order valence-corrected chi connectivity index (χ4v) is 2.49. The van der Waals surface area contributed by atoms with Gasteiger partial charge in [-0.15, -0.1) is 0 Å². The Balaban J connectivity index is 1.61. The van der Waals surface area contributed by atoms with Gasteiger partial charge in [-0.05, 0) is 61.7 Å². The normalized spacial score (nSPS) is 10.2. The number of esters is 1. The average Bonchev–Trinajstić information content (AvgIpc) is 2.68. The lowest BCUT2D eigenvalue weighted by molar-refractivity contribution is -0.147. The van der Waals surface area contributed by atoms with Crippen molar-refractivity contribution in [3.8, 4) is 11.5 Å². The highest BCUT2D eigenvalue weighted by Crippen LogP contribution is 2.17. The van der Waals surface area contributed by atoms with Gasteiger partial charge in [-0.3, -0.25) is 9.59 Å². The second-order valence-electron chi connectivity index (χ2n) is 6.36. The number of rotatable bonds is 10. The number of benzene rings is 2. The van der Waals surface area contributed by atoms with Gasteiger partial charge in [0.1, 0.15) is 18.1 Å². The molecule has 0 spiro atoms. The van der Waals surface area contributed by atoms with E-state index in [1.54, 1.807) is 12.1 Å². The largest absolute Gasteiger partial charge is 0.494 e. The third kappa shape index (κ3) is 7.31. The molecule has 2 aromatic rings. The summed E-state index contributed by atoms with van der Waals surface area (Å²) in [5.41, 5.74) is 3.16. The van der Waals surface area contributed by atoms with Crippen LogP contribution >= 0.6 is 0 Å². The van der Waals surface area contributed by atoms with Crippen molar-refractivity contribution < 1.29 is 23.8 Å². The van der Waals surface area contributed by atoms with Crippen molar-refractivity contribution in [2.24, 2.45) is 0 Å². The van der Waals surface area contributed by atoms with Crippen LogP contribution in [0.2, 0.25) is 0 Å². The highest BCUT2D eigenvalue weighted by molar-refractivity contribution is 5.81. The van der Waals surface area contributed by atoms with E-state index in [1.807, 2.05) is 51.1 Å². The van der Waals surface area contributed by atoms with Crippen LogP contribution in [0.25, 0.3) is 0 Å². The lowest BCUT2D eigenvalue weighted by atomic mass is 10.0. The number of hydrogen-bond donors (Lipinski definition) is 1. The molecule has 0 unspecified atom stereocenters. The molecule has 1 amide bonds. The Bertz CT molecular complexity index is 786. The summed E-state index contributed by atoms with van der Waals surface area (Å²) in [5.74, 6) is 0.691. The van der Waals surface area contributed by atoms with Gasteiger partial charge in [0, 0.05) is 0 Å². The van der Waals surface area contributed by atoms with E-state index in [-0.39, 0.29) is 18.9 Å². The zero-order chi connectivity index (χ0) is 20.4. The van der Waals surface area contributed by atoms with Crippen LogP contribution in [0.15, 0.2) is 42.5 Å². The standard InChI is InChI=1S/C22H27NO5/c1-4-26-19-7-9-20(10-8-19)27-12-11-23-21(24)15-28-22(25)14-18-6-5-16(2)17(3)13-18/h5-10,13H,4,11-12,14-15H2,1-3H3,(H,23,24). The number of nitrogens with one attached hydrogen (secondary N) is 1. The second-order valence-corrected chi connectivity index (χ2v) is 6.36. The Labute approximate surface area is 165 Å². The third-order valence-corrected chi connectivity index (χ3v) is 4.11. The first-order chi connectivity index (χ1) is 13.5. The minimum Gasteiger partial charge on any atom is -0.494 e. The fourth-order valence-electron chi connectivity index (χ4n) is 2.49. The molecule has 0 radical (unpaired) electrons. The summed E-state index contributed by atoms with van der Waals surface area (Å²) < 4.78 is 15.9. The minimum atomic E-state index is -0.427. The second kappa shape index (κ2) is 11.0. The van der Waals surface area contributed by atoms with Gasteiger partial charge in [0.05, 0.1) is 19.6 Å². The molecule has 0 saturated heterocycles. The van der Waals surface area contributed by atoms with Crippen LogP contribution in [-0.2, 0) is 20.7 Å². The van der Waals surface area contributed by atoms with Crippen LogP contribution in [0.3, 0.4) is 0 Å². The molecular formula is C22H27NO5. The Morgan fingerprint density at radius 3 is 2.25 bits per heavy atom. The van der Waals surface area contributed by atoms with E-state index in [4.69, 9.17) is 14.2 Å². The SMILES string of the molecule is CCOc1ccc(OCCNC(=O)COC(=O)Cc2ccc(C)c(C)c2)cc1. The molecule has 0 aliphatic carbocycles. The molecule has 0 aliphatic rings. The van der Waals surface area contributed by atoms with Crippen LogP contribution in [0.1, 0.15) is 23.6 Å². The van der Waals surface area contributed by atoms with Gasteiger partial charge >= 0.3 is 5.97 Å². The van der Waals surface area contributed by atoms with E-state index in [9.17, 15) is 9.59 Å². The van der Waals surface area contributed by atoms with E-state index in [1.165, 1.54) is 5.56 Å². The highest BCUT2D eigenvalue weighted by atomic mass is 16.5. The first kappa shape index (κ1) is 21.3. The Morgan fingerprint density at radius 1 is 0.929 bits per heavy atom. The van der Waals surface area contributed by atoms with Crippen molar-refractivity contribution in [3.05, 3.63) is 59.2 Å². The number of ether oxygens (including phenoxy) is 3. The van der Waals surface area contributed by atoms with Crippen LogP contribution < -0.4 is 14.8 Å². The third-order valence-electron chi connectivity index (χ3n) is 4.11. The first-order valence-corrected chi connectivity index (χ1v) is 9.32. The molecule has 0 saturated carbocycles. The zero-order valence-electron chi connectivity index (χ0n) is 16.6. The molecule has 0 atom stereocenters. The summed E-state index contributed by atoms with van der Waals surface area (Å²) in [6.45, 7) is 6.88. The summed E-state index contributed by atoms with van der Waals surface area (Å²) in [7, 11) is 0. The van der Waals surface area contributed by atoms with Crippen molar-refractivity contribution in [2.75, 3.05) is 26.4 Å². The predicted octanol–water partition coefficient (Wildman–Crippen LogP) is 2.98. The van der Waals surface area contributed by atoms with Gasteiger partial charge in [-0.1, -0.05) is 18.2 Å². The molecule has 0 bridgehead atoms. The number of aryl methyl sites for hydroxylation is 2. The van der Waals surface area contributed by atoms with E-state index in [2.05, 4.69) is 5.32 Å². The number of hydrogen-bond acceptors (Lipinski definition) is 5. The summed E-state index contributed by atoms with van der Waals surface area (Å²) in [4.78, 5) is 23.6. The van der Waals surface area contributed by atoms with E-state index in [0.717, 1.165) is 16.9 Å². The summed E-state index contributed by atoms with van der Waals surface area (Å²) in [6, 6.07) is 13.1. The van der Waals surface area contributed by atoms with Crippen LogP contribution in [0, 0.1) is 13.8 Å². The van der Waals surface area contributed by atoms with E-state index < -0.39 is 5.97 Å². The molecule has 150 valence electrons. The van der Waals surface area contributed by atoms with Crippen molar-refractivity contribution in [1.82, 2.24) is 5.32 Å². The molecule has 0 heterocycles. The smallest absolute Gasteiger partial charge is 0.310 e. The summed E-state index contributed by atoms with van der Waals surface area (Å²) in [6.07, 6.45) is 0.148. The highest BCUT2D eigenvalue weighted by Gasteiger charge is 2.09. The van der Waals surface area contributed by atoms with Gasteiger partial charge in [0.15, 0.2) is 6.61 Å². The molecule has 28 heavy (non-hydrogen) atoms. The van der Waals surface area contributed by atoms with Crippen molar-refractivity contribution in [1.29, 1.82) is 0 Å². The molecule has 6 nitrogen and oxygen atoms in total. The van der Waals surface area contributed by atoms with Gasteiger partial charge in [0.25, 0.3) is 5.91 Å². The zero-order valence-corrected chi connectivity index (χ0v) is 16.6. The molecule has 6 heteroatoms. The maximum Gasteiger partial charge on any atom is 0.310 e. The van der Waals surface area contributed by atoms with Gasteiger partial charge in [-0.25, -0.2) is 0 Å². The monoisotopic (exact) mass is 385 g/mol. The Hall–Kier alpha value is -3.02. The van der Waals surface area contributed by atoms with E-state index >= 15 is 0 Å². The van der Waals surface area contributed by atoms with Crippen molar-refractivity contribution in [3.63, 3.8) is 0 Å². The van der Waals surface area contributed by atoms with Crippen molar-refractivity contribution >= 4 is 11.9 Å². The molecule has 2 aromatic carbocycles. The number of carbonyl (C=O) groups excluding carboxylic acids is 2. The van der Waals surface area contributed by atoms with Crippen LogP contribution in [0.5, 0.6) is 11.5 Å². The Morgan fingerprint density at radius 2 is 1.61 bits per heavy atom. The maximum absolute atomic E-state index is 11.9. The topological polar surface area (TPSA) is 73.9 Å². The molecule has 1 N–H and O–H groups in total. The van der Waals surface area contributed by atoms with Gasteiger partial charge in [0.2, 0.25) is 0 Å². The average molecular weight is 385 g/mol. The molecule has 0 aliphatic heterocycles. The molecule has 0 fully saturated rings. The predicted molar refractivity (Wildman–Crippen MR) is 107 cm³/mol. The molecular weight excluding hydrogens is 358 g/mol. The minimum absolute atomic E-state index is 0.148. The van der Waals surface area contributed by atoms with Crippen molar-refractivity contribution in [2.45, 2.75) is 27.2 Å². The molecule has 2 rings (SSSR count).